The SMILES string of the molecule is Cc1nc(-c2cccc(Cl)c2)sc1C(=O)NC(C)CO. The van der Waals surface area contributed by atoms with E-state index in [4.69, 9.17) is 16.7 Å². The van der Waals surface area contributed by atoms with Gasteiger partial charge in [0.2, 0.25) is 0 Å². The third-order valence-corrected chi connectivity index (χ3v) is 4.17. The molecule has 1 aromatic carbocycles. The number of carbonyl (C=O) groups excluding carboxylic acids is 1. The number of hydrogen-bond donors (Lipinski definition) is 2. The van der Waals surface area contributed by atoms with Crippen LogP contribution in [0, 0.1) is 6.92 Å². The predicted molar refractivity (Wildman–Crippen MR) is 81.3 cm³/mol. The molecule has 1 aromatic heterocycles. The molecule has 1 amide bonds. The first-order valence-electron chi connectivity index (χ1n) is 6.16. The topological polar surface area (TPSA) is 62.2 Å². The highest BCUT2D eigenvalue weighted by molar-refractivity contribution is 7.17. The molecule has 0 aliphatic heterocycles. The van der Waals surface area contributed by atoms with Gasteiger partial charge in [0, 0.05) is 16.6 Å². The molecule has 2 aromatic rings. The molecule has 2 rings (SSSR count). The van der Waals surface area contributed by atoms with Gasteiger partial charge in [-0.05, 0) is 26.0 Å². The Kier molecular flexibility index (Phi) is 4.75. The lowest BCUT2D eigenvalue weighted by molar-refractivity contribution is 0.0925. The smallest absolute Gasteiger partial charge is 0.263 e. The number of hydrogen-bond acceptors (Lipinski definition) is 4. The lowest BCUT2D eigenvalue weighted by Crippen LogP contribution is -2.34. The molecule has 0 fully saturated rings. The molecule has 0 spiro atoms. The first-order chi connectivity index (χ1) is 9.51. The third kappa shape index (κ3) is 3.36. The fourth-order valence-electron chi connectivity index (χ4n) is 1.69. The lowest BCUT2D eigenvalue weighted by atomic mass is 10.2. The molecule has 1 heterocycles. The van der Waals surface area contributed by atoms with Crippen LogP contribution in [0.5, 0.6) is 0 Å². The largest absolute Gasteiger partial charge is 0.394 e. The van der Waals surface area contributed by atoms with E-state index in [0.717, 1.165) is 10.6 Å². The summed E-state index contributed by atoms with van der Waals surface area (Å²) in [5, 5.41) is 13.1. The molecule has 4 nitrogen and oxygen atoms in total. The van der Waals surface area contributed by atoms with Crippen LogP contribution in [0.4, 0.5) is 0 Å². The van der Waals surface area contributed by atoms with Crippen molar-refractivity contribution in [3.05, 3.63) is 39.9 Å². The monoisotopic (exact) mass is 310 g/mol. The van der Waals surface area contributed by atoms with Gasteiger partial charge in [-0.2, -0.15) is 0 Å². The summed E-state index contributed by atoms with van der Waals surface area (Å²) in [6.45, 7) is 3.44. The molecule has 0 aliphatic carbocycles. The molecule has 1 unspecified atom stereocenters. The first kappa shape index (κ1) is 15.0. The van der Waals surface area contributed by atoms with Crippen molar-refractivity contribution in [2.45, 2.75) is 19.9 Å². The summed E-state index contributed by atoms with van der Waals surface area (Å²) in [5.74, 6) is -0.213. The summed E-state index contributed by atoms with van der Waals surface area (Å²) in [6, 6.07) is 7.09. The standard InChI is InChI=1S/C14H15ClN2O2S/c1-8(7-18)16-13(19)12-9(2)17-14(20-12)10-4-3-5-11(15)6-10/h3-6,8,18H,7H2,1-2H3,(H,16,19). The van der Waals surface area contributed by atoms with Gasteiger partial charge in [0.25, 0.3) is 5.91 Å². The van der Waals surface area contributed by atoms with Crippen LogP contribution in [0.25, 0.3) is 10.6 Å². The van der Waals surface area contributed by atoms with Crippen LogP contribution >= 0.6 is 22.9 Å². The van der Waals surface area contributed by atoms with Crippen LogP contribution < -0.4 is 5.32 Å². The first-order valence-corrected chi connectivity index (χ1v) is 7.35. The Bertz CT molecular complexity index is 627. The maximum Gasteiger partial charge on any atom is 0.263 e. The van der Waals surface area contributed by atoms with Crippen molar-refractivity contribution >= 4 is 28.8 Å². The number of carbonyl (C=O) groups is 1. The number of thiazole rings is 1. The fourth-order valence-corrected chi connectivity index (χ4v) is 2.84. The maximum atomic E-state index is 12.1. The second-order valence-corrected chi connectivity index (χ2v) is 5.94. The van der Waals surface area contributed by atoms with Gasteiger partial charge in [-0.25, -0.2) is 4.98 Å². The lowest BCUT2D eigenvalue weighted by Gasteiger charge is -2.09. The molecule has 0 saturated heterocycles. The molecule has 20 heavy (non-hydrogen) atoms. The van der Waals surface area contributed by atoms with Crippen LogP contribution in [0.1, 0.15) is 22.3 Å². The van der Waals surface area contributed by atoms with Crippen molar-refractivity contribution in [2.75, 3.05) is 6.61 Å². The van der Waals surface area contributed by atoms with E-state index in [2.05, 4.69) is 10.3 Å². The predicted octanol–water partition coefficient (Wildman–Crippen LogP) is 2.88. The van der Waals surface area contributed by atoms with Gasteiger partial charge < -0.3 is 10.4 Å². The van der Waals surface area contributed by atoms with E-state index in [1.54, 1.807) is 19.9 Å². The molecule has 6 heteroatoms. The van der Waals surface area contributed by atoms with E-state index in [1.807, 2.05) is 18.2 Å². The van der Waals surface area contributed by atoms with Gasteiger partial charge in [-0.1, -0.05) is 23.7 Å². The fraction of sp³-hybridized carbons (Fsp3) is 0.286. The summed E-state index contributed by atoms with van der Waals surface area (Å²) in [6.07, 6.45) is 0. The van der Waals surface area contributed by atoms with E-state index < -0.39 is 0 Å². The zero-order valence-corrected chi connectivity index (χ0v) is 12.8. The Morgan fingerprint density at radius 3 is 2.95 bits per heavy atom. The summed E-state index contributed by atoms with van der Waals surface area (Å²) in [7, 11) is 0. The Hall–Kier alpha value is -1.43. The summed E-state index contributed by atoms with van der Waals surface area (Å²) < 4.78 is 0. The van der Waals surface area contributed by atoms with Gasteiger partial charge in [-0.3, -0.25) is 4.79 Å². The van der Waals surface area contributed by atoms with Crippen molar-refractivity contribution in [2.24, 2.45) is 0 Å². The highest BCUT2D eigenvalue weighted by atomic mass is 35.5. The van der Waals surface area contributed by atoms with Crippen LogP contribution in [0.3, 0.4) is 0 Å². The molecule has 0 bridgehead atoms. The Morgan fingerprint density at radius 1 is 1.55 bits per heavy atom. The van der Waals surface area contributed by atoms with Crippen molar-refractivity contribution < 1.29 is 9.90 Å². The van der Waals surface area contributed by atoms with Crippen molar-refractivity contribution in [3.8, 4) is 10.6 Å². The number of aromatic nitrogens is 1. The number of aliphatic hydroxyl groups excluding tert-OH is 1. The quantitative estimate of drug-likeness (QED) is 0.912. The van der Waals surface area contributed by atoms with Crippen molar-refractivity contribution in [1.82, 2.24) is 10.3 Å². The van der Waals surface area contributed by atoms with E-state index in [-0.39, 0.29) is 18.6 Å². The zero-order valence-electron chi connectivity index (χ0n) is 11.2. The second-order valence-electron chi connectivity index (χ2n) is 4.50. The van der Waals surface area contributed by atoms with Crippen LogP contribution in [0.15, 0.2) is 24.3 Å². The average Bonchev–Trinajstić information content (AvgIpc) is 2.80. The van der Waals surface area contributed by atoms with Crippen molar-refractivity contribution in [3.63, 3.8) is 0 Å². The second kappa shape index (κ2) is 6.35. The number of rotatable bonds is 4. The molecule has 0 radical (unpaired) electrons. The minimum absolute atomic E-state index is 0.0925. The van der Waals surface area contributed by atoms with Crippen molar-refractivity contribution in [1.29, 1.82) is 0 Å². The minimum atomic E-state index is -0.279. The highest BCUT2D eigenvalue weighted by Gasteiger charge is 2.17. The van der Waals surface area contributed by atoms with E-state index >= 15 is 0 Å². The number of benzene rings is 1. The minimum Gasteiger partial charge on any atom is -0.394 e. The number of nitrogens with one attached hydrogen (secondary N) is 1. The summed E-state index contributed by atoms with van der Waals surface area (Å²) >= 11 is 7.28. The normalized spacial score (nSPS) is 12.2. The number of halogens is 1. The molecule has 106 valence electrons. The van der Waals surface area contributed by atoms with Gasteiger partial charge in [-0.15, -0.1) is 11.3 Å². The zero-order chi connectivity index (χ0) is 14.7. The van der Waals surface area contributed by atoms with Crippen LogP contribution in [0.2, 0.25) is 5.02 Å². The van der Waals surface area contributed by atoms with Gasteiger partial charge >= 0.3 is 0 Å². The summed E-state index contributed by atoms with van der Waals surface area (Å²) in [5.41, 5.74) is 1.56. The number of amides is 1. The molecule has 1 atom stereocenters. The third-order valence-electron chi connectivity index (χ3n) is 2.73. The molecular weight excluding hydrogens is 296 g/mol. The number of aryl methyl sites for hydroxylation is 1. The van der Waals surface area contributed by atoms with E-state index in [9.17, 15) is 4.79 Å². The van der Waals surface area contributed by atoms with Gasteiger partial charge in [0.1, 0.15) is 9.88 Å². The van der Waals surface area contributed by atoms with E-state index in [0.29, 0.717) is 15.6 Å². The van der Waals surface area contributed by atoms with E-state index in [1.165, 1.54) is 11.3 Å². The molecule has 0 saturated carbocycles. The van der Waals surface area contributed by atoms with Gasteiger partial charge in [0.15, 0.2) is 0 Å². The maximum absolute atomic E-state index is 12.1. The molecule has 0 aliphatic rings. The number of aliphatic hydroxyl groups is 1. The highest BCUT2D eigenvalue weighted by Crippen LogP contribution is 2.29. The number of nitrogens with zero attached hydrogens (tertiary/aromatic N) is 1. The molecular formula is C14H15ClN2O2S. The Morgan fingerprint density at radius 2 is 2.30 bits per heavy atom. The van der Waals surface area contributed by atoms with Crippen LogP contribution in [-0.2, 0) is 0 Å². The Labute approximate surface area is 126 Å². The Balaban J connectivity index is 2.28. The van der Waals surface area contributed by atoms with Crippen LogP contribution in [-0.4, -0.2) is 28.6 Å². The summed E-state index contributed by atoms with van der Waals surface area (Å²) in [4.78, 5) is 17.0. The van der Waals surface area contributed by atoms with Gasteiger partial charge in [0.05, 0.1) is 12.3 Å². The average molecular weight is 311 g/mol. The molecule has 2 N–H and O–H groups in total.